The number of allylic oxidation sites excluding steroid dienone is 1. The van der Waals surface area contributed by atoms with Gasteiger partial charge < -0.3 is 0 Å². The molecule has 6 heavy (non-hydrogen) atoms. The van der Waals surface area contributed by atoms with Gasteiger partial charge in [-0.05, 0) is 18.2 Å². The molecule has 0 spiro atoms. The van der Waals surface area contributed by atoms with Crippen molar-refractivity contribution in [1.82, 2.24) is 0 Å². The summed E-state index contributed by atoms with van der Waals surface area (Å²) in [7, 11) is 0. The molecule has 2 heteroatoms. The molecule has 0 atom stereocenters. The Hall–Kier alpha value is -0.880. The average molecular weight is 83.1 g/mol. The van der Waals surface area contributed by atoms with Crippen LogP contribution in [-0.2, 0) is 0 Å². The van der Waals surface area contributed by atoms with E-state index < -0.39 is 0 Å². The van der Waals surface area contributed by atoms with Gasteiger partial charge in [-0.3, -0.25) is 0 Å². The van der Waals surface area contributed by atoms with E-state index in [0.717, 1.165) is 6.20 Å². The van der Waals surface area contributed by atoms with E-state index in [1.165, 1.54) is 0 Å². The Bertz CT molecular complexity index is 89.7. The van der Waals surface area contributed by atoms with Gasteiger partial charge in [0.25, 0.3) is 0 Å². The highest BCUT2D eigenvalue weighted by molar-refractivity contribution is 4.78. The van der Waals surface area contributed by atoms with Crippen LogP contribution >= 0.6 is 0 Å². The van der Waals surface area contributed by atoms with Crippen LogP contribution in [0.5, 0.6) is 0 Å². The Morgan fingerprint density at radius 1 is 1.83 bits per heavy atom. The van der Waals surface area contributed by atoms with Gasteiger partial charge in [-0.2, -0.15) is 0 Å². The molecule has 0 saturated heterocycles. The molecular formula is C4H5NO. The molecule has 0 fully saturated rings. The summed E-state index contributed by atoms with van der Waals surface area (Å²) in [4.78, 5) is 9.18. The van der Waals surface area contributed by atoms with Gasteiger partial charge in [-0.1, -0.05) is 0 Å². The largest absolute Gasteiger partial charge is 0.145 e. The minimum Gasteiger partial charge on any atom is -0.145 e. The van der Waals surface area contributed by atoms with Crippen LogP contribution in [0.3, 0.4) is 0 Å². The first kappa shape index (κ1) is 5.12. The molecule has 0 aromatic rings. The number of hydrogen-bond acceptors (Lipinski definition) is 2. The van der Waals surface area contributed by atoms with Crippen molar-refractivity contribution in [3.05, 3.63) is 22.9 Å². The molecule has 0 aromatic heterocycles. The van der Waals surface area contributed by atoms with Crippen molar-refractivity contribution < 1.29 is 0 Å². The Morgan fingerprint density at radius 2 is 2.50 bits per heavy atom. The van der Waals surface area contributed by atoms with Gasteiger partial charge in [-0.15, -0.1) is 10.6 Å². The molecular weight excluding hydrogens is 78.0 g/mol. The molecule has 0 saturated carbocycles. The monoisotopic (exact) mass is 83.0 g/mol. The molecule has 0 aliphatic carbocycles. The zero-order valence-electron chi connectivity index (χ0n) is 3.51. The normalized spacial score (nSPS) is 5.50. The van der Waals surface area contributed by atoms with Crippen molar-refractivity contribution in [2.45, 2.75) is 6.92 Å². The maximum Gasteiger partial charge on any atom is 0.113 e. The van der Waals surface area contributed by atoms with Crippen LogP contribution in [0, 0.1) is 4.91 Å². The summed E-state index contributed by atoms with van der Waals surface area (Å²) in [6, 6.07) is 0. The lowest BCUT2D eigenvalue weighted by Gasteiger charge is -1.49. The fourth-order valence-corrected chi connectivity index (χ4v) is 0.105. The third kappa shape index (κ3) is 3.12. The second-order valence-electron chi connectivity index (χ2n) is 0.690. The zero-order chi connectivity index (χ0) is 4.83. The minimum absolute atomic E-state index is 1.07. The van der Waals surface area contributed by atoms with E-state index in [4.69, 9.17) is 0 Å². The lowest BCUT2D eigenvalue weighted by Crippen LogP contribution is -1.32. The second kappa shape index (κ2) is 4.12. The minimum atomic E-state index is 1.07. The van der Waals surface area contributed by atoms with Gasteiger partial charge >= 0.3 is 0 Å². The van der Waals surface area contributed by atoms with E-state index in [9.17, 15) is 4.91 Å². The average Bonchev–Trinajstić information content (AvgIpc) is 1.61. The van der Waals surface area contributed by atoms with E-state index in [0.29, 0.717) is 0 Å². The molecule has 0 aliphatic heterocycles. The van der Waals surface area contributed by atoms with Gasteiger partial charge in [0.15, 0.2) is 0 Å². The van der Waals surface area contributed by atoms with Crippen molar-refractivity contribution in [2.24, 2.45) is 5.18 Å². The summed E-state index contributed by atoms with van der Waals surface area (Å²) in [5, 5.41) is 2.41. The summed E-state index contributed by atoms with van der Waals surface area (Å²) in [5.41, 5.74) is 2.47. The second-order valence-corrected chi connectivity index (χ2v) is 0.690. The quantitative estimate of drug-likeness (QED) is 0.348. The van der Waals surface area contributed by atoms with Crippen molar-refractivity contribution in [3.63, 3.8) is 0 Å². The van der Waals surface area contributed by atoms with Gasteiger partial charge in [-0.25, -0.2) is 0 Å². The topological polar surface area (TPSA) is 29.4 Å². The van der Waals surface area contributed by atoms with Gasteiger partial charge in [0.2, 0.25) is 0 Å². The Kier molecular flexibility index (Phi) is 3.52. The van der Waals surface area contributed by atoms with E-state index >= 15 is 0 Å². The Labute approximate surface area is 36.1 Å². The van der Waals surface area contributed by atoms with Crippen molar-refractivity contribution >= 4 is 0 Å². The van der Waals surface area contributed by atoms with E-state index in [-0.39, 0.29) is 0 Å². The first-order chi connectivity index (χ1) is 2.91. The van der Waals surface area contributed by atoms with E-state index in [2.05, 4.69) is 10.9 Å². The molecule has 32 valence electrons. The highest BCUT2D eigenvalue weighted by Crippen LogP contribution is 1.63. The van der Waals surface area contributed by atoms with Gasteiger partial charge in [0.05, 0.1) is 0 Å². The predicted molar refractivity (Wildman–Crippen MR) is 24.1 cm³/mol. The predicted octanol–water partition coefficient (Wildman–Crippen LogP) is 1.44. The highest BCUT2D eigenvalue weighted by atomic mass is 16.2. The number of nitroso groups, excluding NO2 is 1. The van der Waals surface area contributed by atoms with E-state index in [1.54, 1.807) is 13.0 Å². The molecule has 0 unspecified atom stereocenters. The van der Waals surface area contributed by atoms with Crippen LogP contribution in [0.15, 0.2) is 23.2 Å². The first-order valence-corrected chi connectivity index (χ1v) is 1.60. The van der Waals surface area contributed by atoms with Crippen LogP contribution in [0.25, 0.3) is 0 Å². The maximum atomic E-state index is 9.18. The lowest BCUT2D eigenvalue weighted by atomic mass is 10.7. The third-order valence-electron chi connectivity index (χ3n) is 0.294. The number of nitrogens with zero attached hydrogens (tertiary/aromatic N) is 1. The van der Waals surface area contributed by atoms with Crippen LogP contribution < -0.4 is 0 Å². The fraction of sp³-hybridized carbons (Fsp3) is 0.250. The van der Waals surface area contributed by atoms with Crippen LogP contribution in [0.2, 0.25) is 0 Å². The molecule has 0 heterocycles. The maximum absolute atomic E-state index is 9.18. The molecule has 0 rings (SSSR count). The summed E-state index contributed by atoms with van der Waals surface area (Å²) in [6.07, 6.45) is 2.68. The van der Waals surface area contributed by atoms with Crippen LogP contribution in [0.1, 0.15) is 6.92 Å². The molecule has 0 N–H and O–H groups in total. The summed E-state index contributed by atoms with van der Waals surface area (Å²) in [6.45, 7) is 1.77. The number of rotatable bonds is 1. The third-order valence-corrected chi connectivity index (χ3v) is 0.294. The first-order valence-electron chi connectivity index (χ1n) is 1.60. The fourth-order valence-electron chi connectivity index (χ4n) is 0.105. The van der Waals surface area contributed by atoms with Crippen molar-refractivity contribution in [1.29, 1.82) is 0 Å². The molecule has 2 nitrogen and oxygen atoms in total. The van der Waals surface area contributed by atoms with Crippen molar-refractivity contribution in [2.75, 3.05) is 0 Å². The molecule has 0 aromatic carbocycles. The smallest absolute Gasteiger partial charge is 0.113 e. The van der Waals surface area contributed by atoms with Gasteiger partial charge in [0, 0.05) is 0 Å². The van der Waals surface area contributed by atoms with Crippen LogP contribution in [0.4, 0.5) is 0 Å². The van der Waals surface area contributed by atoms with Gasteiger partial charge in [0.1, 0.15) is 6.20 Å². The highest BCUT2D eigenvalue weighted by Gasteiger charge is 1.47. The molecule has 0 aliphatic rings. The lowest BCUT2D eigenvalue weighted by molar-refractivity contribution is 1.54. The summed E-state index contributed by atoms with van der Waals surface area (Å²) >= 11 is 0. The summed E-state index contributed by atoms with van der Waals surface area (Å²) < 4.78 is 0. The zero-order valence-corrected chi connectivity index (χ0v) is 3.51. The van der Waals surface area contributed by atoms with Crippen molar-refractivity contribution in [3.8, 4) is 0 Å². The standard InChI is InChI=1S/C4H5NO/c1-2-3-4-5-6/h2,4H,1H3. The SMILES string of the molecule is CC=C=CN=O. The van der Waals surface area contributed by atoms with E-state index in [1.807, 2.05) is 0 Å². The Balaban J connectivity index is 3.46. The van der Waals surface area contributed by atoms with Crippen LogP contribution in [-0.4, -0.2) is 0 Å². The Morgan fingerprint density at radius 3 is 2.67 bits per heavy atom. The molecule has 0 bridgehead atoms. The summed E-state index contributed by atoms with van der Waals surface area (Å²) in [5.74, 6) is 0. The molecule has 0 amide bonds. The molecule has 0 radical (unpaired) electrons. The number of hydrogen-bond donors (Lipinski definition) is 0.